The summed E-state index contributed by atoms with van der Waals surface area (Å²) < 4.78 is 6.38. The quantitative estimate of drug-likeness (QED) is 0.896. The maximum Gasteiger partial charge on any atom is 0.124 e. The summed E-state index contributed by atoms with van der Waals surface area (Å²) in [5.41, 5.74) is 8.67. The third kappa shape index (κ3) is 3.34. The zero-order valence-corrected chi connectivity index (χ0v) is 12.6. The van der Waals surface area contributed by atoms with Gasteiger partial charge >= 0.3 is 0 Å². The normalized spacial score (nSPS) is 12.4. The smallest absolute Gasteiger partial charge is 0.124 e. The standard InChI is InChI=1S/C14H16BrNOS/c1-17-14-8-11(15)3-4-12(14)13(16)5-2-10-6-7-18-9-10/h3-4,6-9,13H,2,5,16H2,1H3. The molecule has 1 aromatic heterocycles. The summed E-state index contributed by atoms with van der Waals surface area (Å²) in [5, 5.41) is 4.27. The van der Waals surface area contributed by atoms with Gasteiger partial charge in [0.25, 0.3) is 0 Å². The third-order valence-electron chi connectivity index (χ3n) is 2.92. The molecule has 0 saturated heterocycles. The van der Waals surface area contributed by atoms with Gasteiger partial charge in [-0.1, -0.05) is 22.0 Å². The van der Waals surface area contributed by atoms with E-state index in [2.05, 4.69) is 32.8 Å². The predicted molar refractivity (Wildman–Crippen MR) is 80.3 cm³/mol. The maximum absolute atomic E-state index is 6.25. The first-order valence-electron chi connectivity index (χ1n) is 5.81. The summed E-state index contributed by atoms with van der Waals surface area (Å²) in [4.78, 5) is 0. The monoisotopic (exact) mass is 325 g/mol. The van der Waals surface area contributed by atoms with E-state index < -0.39 is 0 Å². The highest BCUT2D eigenvalue weighted by Gasteiger charge is 2.12. The Balaban J connectivity index is 2.06. The molecule has 18 heavy (non-hydrogen) atoms. The van der Waals surface area contributed by atoms with E-state index in [-0.39, 0.29) is 6.04 Å². The second-order valence-corrected chi connectivity index (χ2v) is 5.86. The summed E-state index contributed by atoms with van der Waals surface area (Å²) in [6.07, 6.45) is 1.93. The van der Waals surface area contributed by atoms with Crippen LogP contribution >= 0.6 is 27.3 Å². The van der Waals surface area contributed by atoms with Crippen molar-refractivity contribution in [1.82, 2.24) is 0 Å². The highest BCUT2D eigenvalue weighted by molar-refractivity contribution is 9.10. The largest absolute Gasteiger partial charge is 0.496 e. The van der Waals surface area contributed by atoms with E-state index in [0.29, 0.717) is 0 Å². The van der Waals surface area contributed by atoms with E-state index in [1.54, 1.807) is 18.4 Å². The molecule has 96 valence electrons. The second kappa shape index (κ2) is 6.36. The Morgan fingerprint density at radius 2 is 2.22 bits per heavy atom. The van der Waals surface area contributed by atoms with Gasteiger partial charge in [-0.15, -0.1) is 0 Å². The highest BCUT2D eigenvalue weighted by atomic mass is 79.9. The lowest BCUT2D eigenvalue weighted by atomic mass is 10.00. The molecule has 1 heterocycles. The summed E-state index contributed by atoms with van der Waals surface area (Å²) >= 11 is 5.16. The van der Waals surface area contributed by atoms with Crippen LogP contribution in [0.5, 0.6) is 5.75 Å². The van der Waals surface area contributed by atoms with Crippen molar-refractivity contribution in [3.8, 4) is 5.75 Å². The van der Waals surface area contributed by atoms with Crippen molar-refractivity contribution in [2.45, 2.75) is 18.9 Å². The van der Waals surface area contributed by atoms with Gasteiger partial charge in [0.05, 0.1) is 7.11 Å². The molecule has 0 saturated carbocycles. The van der Waals surface area contributed by atoms with Crippen molar-refractivity contribution in [1.29, 1.82) is 0 Å². The minimum atomic E-state index is 0.00736. The zero-order valence-electron chi connectivity index (χ0n) is 10.2. The number of rotatable bonds is 5. The van der Waals surface area contributed by atoms with Gasteiger partial charge in [0.2, 0.25) is 0 Å². The van der Waals surface area contributed by atoms with Crippen molar-refractivity contribution >= 4 is 27.3 Å². The van der Waals surface area contributed by atoms with Gasteiger partial charge in [0, 0.05) is 16.1 Å². The molecule has 1 atom stereocenters. The van der Waals surface area contributed by atoms with Crippen LogP contribution in [0, 0.1) is 0 Å². The van der Waals surface area contributed by atoms with Crippen LogP contribution < -0.4 is 10.5 Å². The Morgan fingerprint density at radius 1 is 1.39 bits per heavy atom. The fourth-order valence-corrected chi connectivity index (χ4v) is 2.95. The van der Waals surface area contributed by atoms with Crippen LogP contribution in [0.3, 0.4) is 0 Å². The second-order valence-electron chi connectivity index (χ2n) is 4.16. The van der Waals surface area contributed by atoms with Gasteiger partial charge in [0.1, 0.15) is 5.75 Å². The number of hydrogen-bond acceptors (Lipinski definition) is 3. The average molecular weight is 326 g/mol. The molecular weight excluding hydrogens is 310 g/mol. The average Bonchev–Trinajstić information content (AvgIpc) is 2.88. The summed E-state index contributed by atoms with van der Waals surface area (Å²) in [7, 11) is 1.68. The Morgan fingerprint density at radius 3 is 2.89 bits per heavy atom. The minimum Gasteiger partial charge on any atom is -0.496 e. The van der Waals surface area contributed by atoms with E-state index in [1.165, 1.54) is 5.56 Å². The number of thiophene rings is 1. The van der Waals surface area contributed by atoms with E-state index in [0.717, 1.165) is 28.6 Å². The Kier molecular flexibility index (Phi) is 4.80. The van der Waals surface area contributed by atoms with Gasteiger partial charge < -0.3 is 10.5 Å². The molecule has 0 amide bonds. The van der Waals surface area contributed by atoms with Crippen molar-refractivity contribution in [2.75, 3.05) is 7.11 Å². The van der Waals surface area contributed by atoms with Crippen molar-refractivity contribution in [3.63, 3.8) is 0 Å². The highest BCUT2D eigenvalue weighted by Crippen LogP contribution is 2.29. The van der Waals surface area contributed by atoms with Crippen molar-refractivity contribution < 1.29 is 4.74 Å². The number of halogens is 1. The number of hydrogen-bond donors (Lipinski definition) is 1. The van der Waals surface area contributed by atoms with E-state index in [9.17, 15) is 0 Å². The molecule has 2 N–H and O–H groups in total. The minimum absolute atomic E-state index is 0.00736. The number of benzene rings is 1. The Bertz CT molecular complexity index is 499. The van der Waals surface area contributed by atoms with Crippen LogP contribution in [0.4, 0.5) is 0 Å². The molecule has 0 aliphatic rings. The van der Waals surface area contributed by atoms with E-state index in [4.69, 9.17) is 10.5 Å². The number of aryl methyl sites for hydroxylation is 1. The molecule has 2 rings (SSSR count). The number of ether oxygens (including phenoxy) is 1. The predicted octanol–water partition coefficient (Wildman–Crippen LogP) is 4.15. The topological polar surface area (TPSA) is 35.2 Å². The molecular formula is C14H16BrNOS. The van der Waals surface area contributed by atoms with Crippen LogP contribution in [0.2, 0.25) is 0 Å². The maximum atomic E-state index is 6.25. The van der Waals surface area contributed by atoms with E-state index >= 15 is 0 Å². The SMILES string of the molecule is COc1cc(Br)ccc1C(N)CCc1ccsc1. The lowest BCUT2D eigenvalue weighted by Crippen LogP contribution is -2.12. The van der Waals surface area contributed by atoms with Crippen LogP contribution in [0.1, 0.15) is 23.6 Å². The number of methoxy groups -OCH3 is 1. The van der Waals surface area contributed by atoms with Crippen LogP contribution in [-0.4, -0.2) is 7.11 Å². The molecule has 0 spiro atoms. The zero-order chi connectivity index (χ0) is 13.0. The Hall–Kier alpha value is -0.840. The van der Waals surface area contributed by atoms with Gasteiger partial charge in [-0.25, -0.2) is 0 Å². The molecule has 1 unspecified atom stereocenters. The van der Waals surface area contributed by atoms with E-state index in [1.807, 2.05) is 18.2 Å². The van der Waals surface area contributed by atoms with Crippen molar-refractivity contribution in [3.05, 3.63) is 50.6 Å². The first-order chi connectivity index (χ1) is 8.70. The molecule has 0 fully saturated rings. The molecule has 1 aromatic carbocycles. The summed E-state index contributed by atoms with van der Waals surface area (Å²) in [6, 6.07) is 8.15. The molecule has 0 bridgehead atoms. The Labute approximate surface area is 120 Å². The molecule has 2 aromatic rings. The first-order valence-corrected chi connectivity index (χ1v) is 7.54. The summed E-state index contributed by atoms with van der Waals surface area (Å²) in [5.74, 6) is 0.849. The molecule has 4 heteroatoms. The lowest BCUT2D eigenvalue weighted by molar-refractivity contribution is 0.404. The fourth-order valence-electron chi connectivity index (χ4n) is 1.90. The fraction of sp³-hybridized carbons (Fsp3) is 0.286. The van der Waals surface area contributed by atoms with Gasteiger partial charge in [-0.2, -0.15) is 11.3 Å². The van der Waals surface area contributed by atoms with Crippen LogP contribution in [-0.2, 0) is 6.42 Å². The molecule has 0 aliphatic carbocycles. The van der Waals surface area contributed by atoms with Gasteiger partial charge in [-0.3, -0.25) is 0 Å². The van der Waals surface area contributed by atoms with Crippen LogP contribution in [0.25, 0.3) is 0 Å². The molecule has 2 nitrogen and oxygen atoms in total. The van der Waals surface area contributed by atoms with Crippen molar-refractivity contribution in [2.24, 2.45) is 5.73 Å². The summed E-state index contributed by atoms with van der Waals surface area (Å²) in [6.45, 7) is 0. The van der Waals surface area contributed by atoms with Gasteiger partial charge in [-0.05, 0) is 47.4 Å². The molecule has 0 aliphatic heterocycles. The van der Waals surface area contributed by atoms with Gasteiger partial charge in [0.15, 0.2) is 0 Å². The first kappa shape index (κ1) is 13.6. The number of nitrogens with two attached hydrogens (primary N) is 1. The third-order valence-corrected chi connectivity index (χ3v) is 4.14. The van der Waals surface area contributed by atoms with Crippen LogP contribution in [0.15, 0.2) is 39.5 Å². The molecule has 0 radical (unpaired) electrons. The lowest BCUT2D eigenvalue weighted by Gasteiger charge is -2.15.